The maximum Gasteiger partial charge on any atom is 0.223 e. The molecule has 19 heavy (non-hydrogen) atoms. The quantitative estimate of drug-likeness (QED) is 0.629. The van der Waals surface area contributed by atoms with Gasteiger partial charge in [-0.1, -0.05) is 18.2 Å². The minimum absolute atomic E-state index is 0.195. The average Bonchev–Trinajstić information content (AvgIpc) is 2.49. The van der Waals surface area contributed by atoms with Crippen LogP contribution in [0.2, 0.25) is 0 Å². The molecule has 1 amide bonds. The van der Waals surface area contributed by atoms with Crippen LogP contribution in [-0.4, -0.2) is 17.4 Å². The Bertz CT molecular complexity index is 414. The van der Waals surface area contributed by atoms with Gasteiger partial charge in [0.1, 0.15) is 0 Å². The molecular weight excluding hydrogens is 236 g/mol. The fourth-order valence-corrected chi connectivity index (χ4v) is 2.36. The Balaban J connectivity index is 1.56. The second kappa shape index (κ2) is 7.72. The zero-order valence-electron chi connectivity index (χ0n) is 11.3. The number of rotatable bonds is 6. The van der Waals surface area contributed by atoms with Gasteiger partial charge in [-0.15, -0.1) is 0 Å². The van der Waals surface area contributed by atoms with E-state index >= 15 is 0 Å². The number of hydrogen-bond acceptors (Lipinski definition) is 2. The second-order valence-corrected chi connectivity index (χ2v) is 5.05. The van der Waals surface area contributed by atoms with Gasteiger partial charge in [-0.3, -0.25) is 9.78 Å². The van der Waals surface area contributed by atoms with E-state index in [4.69, 9.17) is 0 Å². The summed E-state index contributed by atoms with van der Waals surface area (Å²) in [6.45, 7) is 0.784. The zero-order valence-corrected chi connectivity index (χ0v) is 11.3. The van der Waals surface area contributed by atoms with Crippen LogP contribution < -0.4 is 5.32 Å². The fraction of sp³-hybridized carbons (Fsp3) is 0.500. The lowest BCUT2D eigenvalue weighted by Crippen LogP contribution is -2.31. The Morgan fingerprint density at radius 2 is 2.26 bits per heavy atom. The van der Waals surface area contributed by atoms with Crippen LogP contribution in [0.25, 0.3) is 0 Å². The molecule has 1 unspecified atom stereocenters. The molecule has 1 aromatic heterocycles. The topological polar surface area (TPSA) is 42.0 Å². The summed E-state index contributed by atoms with van der Waals surface area (Å²) in [4.78, 5) is 16.2. The standard InChI is InChI=1S/C16H22N2O/c19-16(14-8-2-1-3-9-14)18-13-7-5-11-15-10-4-6-12-17-15/h1-2,4,6,10,12,14H,3,5,7-9,11,13H2,(H,18,19). The van der Waals surface area contributed by atoms with Crippen molar-refractivity contribution in [1.29, 1.82) is 0 Å². The van der Waals surface area contributed by atoms with Gasteiger partial charge in [-0.05, 0) is 50.7 Å². The monoisotopic (exact) mass is 258 g/mol. The Labute approximate surface area is 115 Å². The number of carbonyl (C=O) groups is 1. The first-order valence-corrected chi connectivity index (χ1v) is 7.19. The number of allylic oxidation sites excluding steroid dienone is 2. The Morgan fingerprint density at radius 1 is 1.32 bits per heavy atom. The third kappa shape index (κ3) is 4.86. The predicted octanol–water partition coefficient (Wildman–Crippen LogP) is 2.88. The van der Waals surface area contributed by atoms with Crippen LogP contribution in [0.4, 0.5) is 0 Å². The van der Waals surface area contributed by atoms with Crippen LogP contribution in [0.1, 0.15) is 37.8 Å². The van der Waals surface area contributed by atoms with E-state index in [1.807, 2.05) is 24.4 Å². The summed E-state index contributed by atoms with van der Waals surface area (Å²) in [5, 5.41) is 3.05. The van der Waals surface area contributed by atoms with Gasteiger partial charge in [0.15, 0.2) is 0 Å². The average molecular weight is 258 g/mol. The van der Waals surface area contributed by atoms with E-state index in [2.05, 4.69) is 22.5 Å². The van der Waals surface area contributed by atoms with Crippen LogP contribution in [0, 0.1) is 5.92 Å². The SMILES string of the molecule is O=C(NCCCCc1ccccn1)C1CC=CCC1. The molecular formula is C16H22N2O. The van der Waals surface area contributed by atoms with Gasteiger partial charge >= 0.3 is 0 Å². The van der Waals surface area contributed by atoms with E-state index in [-0.39, 0.29) is 11.8 Å². The molecule has 0 saturated heterocycles. The third-order valence-corrected chi connectivity index (χ3v) is 3.52. The van der Waals surface area contributed by atoms with Crippen molar-refractivity contribution < 1.29 is 4.79 Å². The first-order chi connectivity index (χ1) is 9.36. The van der Waals surface area contributed by atoms with Crippen molar-refractivity contribution in [2.75, 3.05) is 6.54 Å². The second-order valence-electron chi connectivity index (χ2n) is 5.05. The van der Waals surface area contributed by atoms with Gasteiger partial charge in [-0.2, -0.15) is 0 Å². The Kier molecular flexibility index (Phi) is 5.60. The molecule has 1 N–H and O–H groups in total. The summed E-state index contributed by atoms with van der Waals surface area (Å²) in [5.41, 5.74) is 1.13. The van der Waals surface area contributed by atoms with Crippen LogP contribution in [0.3, 0.4) is 0 Å². The normalized spacial score (nSPS) is 18.2. The largest absolute Gasteiger partial charge is 0.356 e. The molecule has 0 bridgehead atoms. The van der Waals surface area contributed by atoms with Crippen molar-refractivity contribution in [1.82, 2.24) is 10.3 Å². The van der Waals surface area contributed by atoms with E-state index < -0.39 is 0 Å². The molecule has 1 aliphatic carbocycles. The predicted molar refractivity (Wildman–Crippen MR) is 76.7 cm³/mol. The number of unbranched alkanes of at least 4 members (excludes halogenated alkanes) is 1. The van der Waals surface area contributed by atoms with Crippen molar-refractivity contribution in [2.45, 2.75) is 38.5 Å². The molecule has 0 fully saturated rings. The van der Waals surface area contributed by atoms with Crippen LogP contribution in [0.5, 0.6) is 0 Å². The minimum Gasteiger partial charge on any atom is -0.356 e. The molecule has 0 saturated carbocycles. The summed E-state index contributed by atoms with van der Waals surface area (Å²) in [6, 6.07) is 6.00. The van der Waals surface area contributed by atoms with Gasteiger partial charge in [0.25, 0.3) is 0 Å². The van der Waals surface area contributed by atoms with E-state index in [1.54, 1.807) is 0 Å². The molecule has 1 atom stereocenters. The summed E-state index contributed by atoms with van der Waals surface area (Å²) in [6.07, 6.45) is 12.1. The lowest BCUT2D eigenvalue weighted by Gasteiger charge is -2.17. The van der Waals surface area contributed by atoms with E-state index in [0.29, 0.717) is 0 Å². The van der Waals surface area contributed by atoms with Gasteiger partial charge in [0.2, 0.25) is 5.91 Å². The highest BCUT2D eigenvalue weighted by Gasteiger charge is 2.17. The molecule has 102 valence electrons. The van der Waals surface area contributed by atoms with Crippen molar-refractivity contribution in [3.05, 3.63) is 42.2 Å². The van der Waals surface area contributed by atoms with Gasteiger partial charge < -0.3 is 5.32 Å². The molecule has 0 radical (unpaired) electrons. The lowest BCUT2D eigenvalue weighted by atomic mass is 9.94. The smallest absolute Gasteiger partial charge is 0.223 e. The number of aromatic nitrogens is 1. The maximum absolute atomic E-state index is 11.9. The molecule has 1 aromatic rings. The highest BCUT2D eigenvalue weighted by Crippen LogP contribution is 2.17. The van der Waals surface area contributed by atoms with Crippen LogP contribution in [-0.2, 0) is 11.2 Å². The number of pyridine rings is 1. The van der Waals surface area contributed by atoms with Gasteiger partial charge in [0.05, 0.1) is 0 Å². The van der Waals surface area contributed by atoms with E-state index in [1.165, 1.54) is 0 Å². The van der Waals surface area contributed by atoms with Crippen LogP contribution >= 0.6 is 0 Å². The fourth-order valence-electron chi connectivity index (χ4n) is 2.36. The molecule has 1 aliphatic rings. The molecule has 1 heterocycles. The first kappa shape index (κ1) is 13.8. The van der Waals surface area contributed by atoms with Gasteiger partial charge in [0, 0.05) is 24.4 Å². The van der Waals surface area contributed by atoms with Crippen molar-refractivity contribution >= 4 is 5.91 Å². The van der Waals surface area contributed by atoms with Crippen molar-refractivity contribution in [2.24, 2.45) is 5.92 Å². The highest BCUT2D eigenvalue weighted by atomic mass is 16.1. The molecule has 3 nitrogen and oxygen atoms in total. The molecule has 0 aliphatic heterocycles. The molecule has 3 heteroatoms. The third-order valence-electron chi connectivity index (χ3n) is 3.52. The maximum atomic E-state index is 11.9. The first-order valence-electron chi connectivity index (χ1n) is 7.19. The molecule has 2 rings (SSSR count). The van der Waals surface area contributed by atoms with Gasteiger partial charge in [-0.25, -0.2) is 0 Å². The van der Waals surface area contributed by atoms with E-state index in [9.17, 15) is 4.79 Å². The molecule has 0 spiro atoms. The van der Waals surface area contributed by atoms with Crippen molar-refractivity contribution in [3.63, 3.8) is 0 Å². The number of aryl methyl sites for hydroxylation is 1. The number of hydrogen-bond donors (Lipinski definition) is 1. The lowest BCUT2D eigenvalue weighted by molar-refractivity contribution is -0.125. The summed E-state index contributed by atoms with van der Waals surface area (Å²) < 4.78 is 0. The number of nitrogens with one attached hydrogen (secondary N) is 1. The number of nitrogens with zero attached hydrogens (tertiary/aromatic N) is 1. The molecule has 0 aromatic carbocycles. The summed E-state index contributed by atoms with van der Waals surface area (Å²) in [7, 11) is 0. The highest BCUT2D eigenvalue weighted by molar-refractivity contribution is 5.78. The summed E-state index contributed by atoms with van der Waals surface area (Å²) in [5.74, 6) is 0.419. The Hall–Kier alpha value is -1.64. The zero-order chi connectivity index (χ0) is 13.3. The number of carbonyl (C=O) groups excluding carboxylic acids is 1. The minimum atomic E-state index is 0.195. The number of amides is 1. The van der Waals surface area contributed by atoms with Crippen LogP contribution in [0.15, 0.2) is 36.5 Å². The van der Waals surface area contributed by atoms with Crippen molar-refractivity contribution in [3.8, 4) is 0 Å². The Morgan fingerprint density at radius 3 is 3.00 bits per heavy atom. The summed E-state index contributed by atoms with van der Waals surface area (Å²) >= 11 is 0. The van der Waals surface area contributed by atoms with E-state index in [0.717, 1.165) is 50.8 Å².